The second kappa shape index (κ2) is 7.79. The second-order valence-corrected chi connectivity index (χ2v) is 7.29. The largest absolute Gasteiger partial charge is 0.462 e. The van der Waals surface area contributed by atoms with Crippen molar-refractivity contribution in [2.45, 2.75) is 52.1 Å². The van der Waals surface area contributed by atoms with E-state index in [4.69, 9.17) is 4.74 Å². The third-order valence-corrected chi connectivity index (χ3v) is 4.25. The first-order valence-electron chi connectivity index (χ1n) is 8.57. The molecule has 0 bridgehead atoms. The van der Waals surface area contributed by atoms with Gasteiger partial charge in [-0.2, -0.15) is 0 Å². The first-order chi connectivity index (χ1) is 11.3. The van der Waals surface area contributed by atoms with Crippen LogP contribution in [0.4, 0.5) is 5.69 Å². The van der Waals surface area contributed by atoms with Crippen molar-refractivity contribution in [2.24, 2.45) is 11.8 Å². The Bertz CT molecular complexity index is 574. The lowest BCUT2D eigenvalue weighted by atomic mass is 10.0. The summed E-state index contributed by atoms with van der Waals surface area (Å²) in [5.74, 6) is 0.269. The van der Waals surface area contributed by atoms with Crippen LogP contribution in [0.2, 0.25) is 0 Å². The molecule has 1 amide bonds. The van der Waals surface area contributed by atoms with Crippen LogP contribution in [0.5, 0.6) is 0 Å². The van der Waals surface area contributed by atoms with E-state index in [0.29, 0.717) is 30.2 Å². The van der Waals surface area contributed by atoms with E-state index in [1.807, 2.05) is 0 Å². The lowest BCUT2D eigenvalue weighted by Crippen LogP contribution is -2.18. The van der Waals surface area contributed by atoms with Crippen molar-refractivity contribution in [3.63, 3.8) is 0 Å². The number of carbonyl (C=O) groups is 2. The highest BCUT2D eigenvalue weighted by Crippen LogP contribution is 2.38. The molecule has 1 aromatic carbocycles. The SMILES string of the molecule is C[C@H]1C[C@@H]1C(=O)Nc1ccc(C(=O)OCCCCC(C)(C)O)cc1. The quantitative estimate of drug-likeness (QED) is 0.565. The van der Waals surface area contributed by atoms with E-state index in [1.165, 1.54) is 0 Å². The highest BCUT2D eigenvalue weighted by atomic mass is 16.5. The maximum absolute atomic E-state index is 11.9. The van der Waals surface area contributed by atoms with Gasteiger partial charge >= 0.3 is 5.97 Å². The number of hydrogen-bond acceptors (Lipinski definition) is 4. The molecule has 0 heterocycles. The van der Waals surface area contributed by atoms with Gasteiger partial charge in [-0.3, -0.25) is 4.79 Å². The number of aliphatic hydroxyl groups is 1. The predicted molar refractivity (Wildman–Crippen MR) is 92.8 cm³/mol. The minimum absolute atomic E-state index is 0.0460. The number of ether oxygens (including phenoxy) is 1. The Morgan fingerprint density at radius 1 is 1.25 bits per heavy atom. The van der Waals surface area contributed by atoms with Gasteiger partial charge in [-0.25, -0.2) is 4.79 Å². The number of esters is 1. The van der Waals surface area contributed by atoms with Gasteiger partial charge in [0.2, 0.25) is 5.91 Å². The summed E-state index contributed by atoms with van der Waals surface area (Å²) in [6.45, 7) is 5.93. The highest BCUT2D eigenvalue weighted by molar-refractivity contribution is 5.95. The van der Waals surface area contributed by atoms with E-state index in [-0.39, 0.29) is 17.8 Å². The molecule has 5 heteroatoms. The van der Waals surface area contributed by atoms with Gasteiger partial charge in [0.25, 0.3) is 0 Å². The number of rotatable bonds is 8. The molecular formula is C19H27NO4. The zero-order valence-electron chi connectivity index (χ0n) is 14.7. The molecule has 0 aromatic heterocycles. The second-order valence-electron chi connectivity index (χ2n) is 7.29. The van der Waals surface area contributed by atoms with Gasteiger partial charge in [0.1, 0.15) is 0 Å². The van der Waals surface area contributed by atoms with E-state index < -0.39 is 5.60 Å². The molecule has 1 saturated carbocycles. The lowest BCUT2D eigenvalue weighted by molar-refractivity contribution is -0.117. The number of amides is 1. The summed E-state index contributed by atoms with van der Waals surface area (Å²) in [4.78, 5) is 23.8. The van der Waals surface area contributed by atoms with E-state index in [1.54, 1.807) is 38.1 Å². The fraction of sp³-hybridized carbons (Fsp3) is 0.579. The van der Waals surface area contributed by atoms with E-state index in [0.717, 1.165) is 19.3 Å². The van der Waals surface area contributed by atoms with E-state index in [9.17, 15) is 14.7 Å². The van der Waals surface area contributed by atoms with Crippen molar-refractivity contribution >= 4 is 17.6 Å². The molecule has 0 unspecified atom stereocenters. The van der Waals surface area contributed by atoms with Crippen molar-refractivity contribution in [3.8, 4) is 0 Å². The Morgan fingerprint density at radius 3 is 2.42 bits per heavy atom. The molecule has 1 aliphatic carbocycles. The minimum Gasteiger partial charge on any atom is -0.462 e. The summed E-state index contributed by atoms with van der Waals surface area (Å²) in [6, 6.07) is 6.75. The van der Waals surface area contributed by atoms with Crippen LogP contribution >= 0.6 is 0 Å². The van der Waals surface area contributed by atoms with Crippen LogP contribution in [0.3, 0.4) is 0 Å². The third-order valence-electron chi connectivity index (χ3n) is 4.25. The Balaban J connectivity index is 1.72. The van der Waals surface area contributed by atoms with Gasteiger partial charge in [-0.1, -0.05) is 6.92 Å². The van der Waals surface area contributed by atoms with Crippen LogP contribution in [0, 0.1) is 11.8 Å². The summed E-state index contributed by atoms with van der Waals surface area (Å²) < 4.78 is 5.22. The molecular weight excluding hydrogens is 306 g/mol. The van der Waals surface area contributed by atoms with Crippen LogP contribution in [-0.4, -0.2) is 29.2 Å². The summed E-state index contributed by atoms with van der Waals surface area (Å²) in [7, 11) is 0. The van der Waals surface area contributed by atoms with Gasteiger partial charge in [0.05, 0.1) is 17.8 Å². The maximum Gasteiger partial charge on any atom is 0.338 e. The van der Waals surface area contributed by atoms with Gasteiger partial charge < -0.3 is 15.2 Å². The molecule has 0 saturated heterocycles. The molecule has 0 radical (unpaired) electrons. The number of nitrogens with one attached hydrogen (secondary N) is 1. The van der Waals surface area contributed by atoms with Crippen molar-refractivity contribution < 1.29 is 19.4 Å². The molecule has 0 spiro atoms. The minimum atomic E-state index is -0.678. The van der Waals surface area contributed by atoms with Gasteiger partial charge in [0, 0.05) is 11.6 Å². The fourth-order valence-electron chi connectivity index (χ4n) is 2.52. The normalized spacial score (nSPS) is 19.7. The maximum atomic E-state index is 11.9. The van der Waals surface area contributed by atoms with Gasteiger partial charge in [0.15, 0.2) is 0 Å². The van der Waals surface area contributed by atoms with Crippen molar-refractivity contribution in [3.05, 3.63) is 29.8 Å². The van der Waals surface area contributed by atoms with Crippen LogP contribution in [0.15, 0.2) is 24.3 Å². The van der Waals surface area contributed by atoms with Crippen molar-refractivity contribution in [1.82, 2.24) is 0 Å². The van der Waals surface area contributed by atoms with E-state index >= 15 is 0 Å². The molecule has 1 aromatic rings. The Labute approximate surface area is 143 Å². The highest BCUT2D eigenvalue weighted by Gasteiger charge is 2.39. The molecule has 132 valence electrons. The summed E-state index contributed by atoms with van der Waals surface area (Å²) in [6.07, 6.45) is 3.16. The molecule has 24 heavy (non-hydrogen) atoms. The molecule has 2 atom stereocenters. The topological polar surface area (TPSA) is 75.6 Å². The summed E-state index contributed by atoms with van der Waals surface area (Å²) in [5.41, 5.74) is 0.485. The smallest absolute Gasteiger partial charge is 0.338 e. The first-order valence-corrected chi connectivity index (χ1v) is 8.57. The zero-order valence-corrected chi connectivity index (χ0v) is 14.7. The van der Waals surface area contributed by atoms with Crippen LogP contribution in [0.1, 0.15) is 56.8 Å². The molecule has 0 aliphatic heterocycles. The van der Waals surface area contributed by atoms with Crippen molar-refractivity contribution in [2.75, 3.05) is 11.9 Å². The number of anilines is 1. The molecule has 1 aliphatic rings. The zero-order chi connectivity index (χ0) is 17.7. The Hall–Kier alpha value is -1.88. The van der Waals surface area contributed by atoms with Crippen LogP contribution < -0.4 is 5.32 Å². The van der Waals surface area contributed by atoms with Gasteiger partial charge in [-0.15, -0.1) is 0 Å². The molecule has 1 fully saturated rings. The molecule has 2 rings (SSSR count). The van der Waals surface area contributed by atoms with Gasteiger partial charge in [-0.05, 0) is 69.7 Å². The fourth-order valence-corrected chi connectivity index (χ4v) is 2.52. The van der Waals surface area contributed by atoms with Crippen molar-refractivity contribution in [1.29, 1.82) is 0 Å². The number of hydrogen-bond donors (Lipinski definition) is 2. The summed E-state index contributed by atoms with van der Waals surface area (Å²) >= 11 is 0. The Kier molecular flexibility index (Phi) is 5.99. The monoisotopic (exact) mass is 333 g/mol. The standard InChI is InChI=1S/C19H27NO4/c1-13-12-16(13)17(21)20-15-8-6-14(7-9-15)18(22)24-11-5-4-10-19(2,3)23/h6-9,13,16,23H,4-5,10-12H2,1-3H3,(H,20,21)/t13-,16-/m0/s1. The van der Waals surface area contributed by atoms with Crippen LogP contribution in [-0.2, 0) is 9.53 Å². The predicted octanol–water partition coefficient (Wildman–Crippen LogP) is 3.38. The van der Waals surface area contributed by atoms with Crippen LogP contribution in [0.25, 0.3) is 0 Å². The van der Waals surface area contributed by atoms with E-state index in [2.05, 4.69) is 12.2 Å². The lowest BCUT2D eigenvalue weighted by Gasteiger charge is -2.16. The molecule has 5 nitrogen and oxygen atoms in total. The average molecular weight is 333 g/mol. The summed E-state index contributed by atoms with van der Waals surface area (Å²) in [5, 5.41) is 12.5. The number of carbonyl (C=O) groups excluding carboxylic acids is 2. The number of benzene rings is 1. The Morgan fingerprint density at radius 2 is 1.88 bits per heavy atom. The third kappa shape index (κ3) is 5.96. The average Bonchev–Trinajstić information content (AvgIpc) is 3.23. The first kappa shape index (κ1) is 18.5. The molecule has 2 N–H and O–H groups in total. The number of unbranched alkanes of at least 4 members (excludes halogenated alkanes) is 1.